The number of non-ortho nitro benzene ring substituents is 1. The van der Waals surface area contributed by atoms with E-state index in [1.807, 2.05) is 0 Å². The second kappa shape index (κ2) is 5.14. The molecule has 0 fully saturated rings. The van der Waals surface area contributed by atoms with Gasteiger partial charge in [0.05, 0.1) is 21.1 Å². The standard InChI is InChI=1S/C11H16N2O5S/c1-11(2,14)7-12-9-5-4-8(13(15)16)6-10(9)19(3,17)18/h4-6,12,14H,7H2,1-3H3. The Morgan fingerprint density at radius 1 is 1.42 bits per heavy atom. The van der Waals surface area contributed by atoms with Crippen LogP contribution in [0.4, 0.5) is 11.4 Å². The highest BCUT2D eigenvalue weighted by atomic mass is 32.2. The normalized spacial score (nSPS) is 12.2. The number of nitrogens with one attached hydrogen (secondary N) is 1. The third-order valence-corrected chi connectivity index (χ3v) is 3.42. The smallest absolute Gasteiger partial charge is 0.270 e. The fraction of sp³-hybridized carbons (Fsp3) is 0.455. The van der Waals surface area contributed by atoms with Crippen LogP contribution >= 0.6 is 0 Å². The van der Waals surface area contributed by atoms with Gasteiger partial charge in [-0.3, -0.25) is 10.1 Å². The molecule has 0 saturated heterocycles. The lowest BCUT2D eigenvalue weighted by atomic mass is 10.1. The van der Waals surface area contributed by atoms with Gasteiger partial charge >= 0.3 is 0 Å². The van der Waals surface area contributed by atoms with Crippen molar-refractivity contribution < 1.29 is 18.4 Å². The third-order valence-electron chi connectivity index (χ3n) is 2.29. The molecule has 106 valence electrons. The van der Waals surface area contributed by atoms with Gasteiger partial charge in [0.2, 0.25) is 0 Å². The molecule has 0 spiro atoms. The van der Waals surface area contributed by atoms with Crippen molar-refractivity contribution in [2.45, 2.75) is 24.3 Å². The lowest BCUT2D eigenvalue weighted by Crippen LogP contribution is -2.29. The maximum atomic E-state index is 11.6. The Balaban J connectivity index is 3.21. The highest BCUT2D eigenvalue weighted by molar-refractivity contribution is 7.90. The number of benzene rings is 1. The number of hydrogen-bond acceptors (Lipinski definition) is 6. The zero-order valence-corrected chi connectivity index (χ0v) is 11.7. The van der Waals surface area contributed by atoms with Gasteiger partial charge in [0.1, 0.15) is 0 Å². The van der Waals surface area contributed by atoms with Crippen LogP contribution in [0.25, 0.3) is 0 Å². The molecule has 19 heavy (non-hydrogen) atoms. The van der Waals surface area contributed by atoms with E-state index in [4.69, 9.17) is 0 Å². The van der Waals surface area contributed by atoms with Gasteiger partial charge in [-0.2, -0.15) is 0 Å². The quantitative estimate of drug-likeness (QED) is 0.622. The van der Waals surface area contributed by atoms with E-state index < -0.39 is 20.4 Å². The summed E-state index contributed by atoms with van der Waals surface area (Å²) in [7, 11) is -3.61. The lowest BCUT2D eigenvalue weighted by Gasteiger charge is -2.19. The van der Waals surface area contributed by atoms with Crippen molar-refractivity contribution in [3.05, 3.63) is 28.3 Å². The molecule has 0 aliphatic carbocycles. The van der Waals surface area contributed by atoms with Crippen molar-refractivity contribution in [3.63, 3.8) is 0 Å². The SMILES string of the molecule is CC(C)(O)CNc1ccc([N+](=O)[O-])cc1S(C)(=O)=O. The molecule has 1 rings (SSSR count). The molecule has 0 aliphatic heterocycles. The van der Waals surface area contributed by atoms with Gasteiger partial charge in [0, 0.05) is 24.9 Å². The van der Waals surface area contributed by atoms with Gasteiger partial charge in [0.15, 0.2) is 9.84 Å². The molecule has 0 aromatic heterocycles. The van der Waals surface area contributed by atoms with Crippen LogP contribution in [-0.2, 0) is 9.84 Å². The summed E-state index contributed by atoms with van der Waals surface area (Å²) in [4.78, 5) is 9.84. The number of anilines is 1. The van der Waals surface area contributed by atoms with Gasteiger partial charge in [-0.25, -0.2) is 8.42 Å². The lowest BCUT2D eigenvalue weighted by molar-refractivity contribution is -0.385. The number of hydrogen-bond donors (Lipinski definition) is 2. The molecule has 0 amide bonds. The summed E-state index contributed by atoms with van der Waals surface area (Å²) in [6.07, 6.45) is 0.974. The predicted molar refractivity (Wildman–Crippen MR) is 71.0 cm³/mol. The topological polar surface area (TPSA) is 110 Å². The van der Waals surface area contributed by atoms with Crippen molar-refractivity contribution in [1.29, 1.82) is 0 Å². The van der Waals surface area contributed by atoms with E-state index in [-0.39, 0.29) is 22.8 Å². The van der Waals surface area contributed by atoms with Crippen LogP contribution in [0.3, 0.4) is 0 Å². The van der Waals surface area contributed by atoms with Crippen LogP contribution < -0.4 is 5.32 Å². The van der Waals surface area contributed by atoms with E-state index in [2.05, 4.69) is 5.32 Å². The van der Waals surface area contributed by atoms with Gasteiger partial charge in [-0.15, -0.1) is 0 Å². The van der Waals surface area contributed by atoms with Crippen LogP contribution in [0.2, 0.25) is 0 Å². The largest absolute Gasteiger partial charge is 0.389 e. The minimum atomic E-state index is -3.61. The summed E-state index contributed by atoms with van der Waals surface area (Å²) in [5.41, 5.74) is -1.10. The van der Waals surface area contributed by atoms with E-state index >= 15 is 0 Å². The summed E-state index contributed by atoms with van der Waals surface area (Å²) in [6, 6.07) is 3.53. The maximum absolute atomic E-state index is 11.6. The van der Waals surface area contributed by atoms with E-state index in [1.54, 1.807) is 13.8 Å². The molecule has 0 bridgehead atoms. The predicted octanol–water partition coefficient (Wildman–Crippen LogP) is 1.18. The molecule has 0 radical (unpaired) electrons. The van der Waals surface area contributed by atoms with Gasteiger partial charge in [0.25, 0.3) is 5.69 Å². The zero-order valence-electron chi connectivity index (χ0n) is 10.9. The second-order valence-corrected chi connectivity index (χ2v) is 6.86. The Kier molecular flexibility index (Phi) is 4.16. The van der Waals surface area contributed by atoms with Crippen LogP contribution in [0.1, 0.15) is 13.8 Å². The molecule has 0 atom stereocenters. The second-order valence-electron chi connectivity index (χ2n) is 4.88. The number of rotatable bonds is 5. The van der Waals surface area contributed by atoms with Crippen molar-refractivity contribution in [2.24, 2.45) is 0 Å². The minimum absolute atomic E-state index is 0.118. The zero-order chi connectivity index (χ0) is 14.8. The Morgan fingerprint density at radius 3 is 2.42 bits per heavy atom. The molecule has 0 aliphatic rings. The Labute approximate surface area is 111 Å². The van der Waals surface area contributed by atoms with Crippen molar-refractivity contribution in [2.75, 3.05) is 18.1 Å². The summed E-state index contributed by atoms with van der Waals surface area (Å²) in [5, 5.41) is 23.0. The van der Waals surface area contributed by atoms with Gasteiger partial charge < -0.3 is 10.4 Å². The summed E-state index contributed by atoms with van der Waals surface area (Å²) < 4.78 is 23.3. The first-order valence-corrected chi connectivity index (χ1v) is 7.34. The molecule has 2 N–H and O–H groups in total. The van der Waals surface area contributed by atoms with Crippen LogP contribution in [0.15, 0.2) is 23.1 Å². The number of aliphatic hydroxyl groups is 1. The van der Waals surface area contributed by atoms with Crippen LogP contribution in [0, 0.1) is 10.1 Å². The maximum Gasteiger partial charge on any atom is 0.270 e. The van der Waals surface area contributed by atoms with Gasteiger partial charge in [-0.05, 0) is 19.9 Å². The van der Waals surface area contributed by atoms with Crippen LogP contribution in [0.5, 0.6) is 0 Å². The van der Waals surface area contributed by atoms with E-state index in [9.17, 15) is 23.6 Å². The average molecular weight is 288 g/mol. The minimum Gasteiger partial charge on any atom is -0.389 e. The monoisotopic (exact) mass is 288 g/mol. The number of sulfone groups is 1. The molecular weight excluding hydrogens is 272 g/mol. The highest BCUT2D eigenvalue weighted by Gasteiger charge is 2.20. The average Bonchev–Trinajstić information content (AvgIpc) is 2.23. The number of nitro groups is 1. The fourth-order valence-corrected chi connectivity index (χ4v) is 2.26. The highest BCUT2D eigenvalue weighted by Crippen LogP contribution is 2.26. The third kappa shape index (κ3) is 4.49. The molecule has 0 saturated carbocycles. The first kappa shape index (κ1) is 15.4. The summed E-state index contributed by atoms with van der Waals surface area (Å²) >= 11 is 0. The Bertz CT molecular complexity index is 590. The van der Waals surface area contributed by atoms with E-state index in [1.165, 1.54) is 12.1 Å². The van der Waals surface area contributed by atoms with E-state index in [0.717, 1.165) is 12.3 Å². The fourth-order valence-electron chi connectivity index (χ4n) is 1.39. The Morgan fingerprint density at radius 2 is 2.00 bits per heavy atom. The number of nitrogens with zero attached hydrogens (tertiary/aromatic N) is 1. The first-order valence-electron chi connectivity index (χ1n) is 5.45. The molecule has 1 aromatic rings. The first-order chi connectivity index (χ1) is 8.50. The molecule has 8 heteroatoms. The molecule has 0 heterocycles. The molecule has 1 aromatic carbocycles. The summed E-state index contributed by atoms with van der Waals surface area (Å²) in [5.74, 6) is 0. The van der Waals surface area contributed by atoms with Crippen molar-refractivity contribution in [1.82, 2.24) is 0 Å². The Hall–Kier alpha value is -1.67. The molecule has 0 unspecified atom stereocenters. The van der Waals surface area contributed by atoms with Gasteiger partial charge in [-0.1, -0.05) is 0 Å². The van der Waals surface area contributed by atoms with Crippen molar-refractivity contribution in [3.8, 4) is 0 Å². The molecular formula is C11H16N2O5S. The van der Waals surface area contributed by atoms with Crippen LogP contribution in [-0.4, -0.2) is 36.8 Å². The molecule has 7 nitrogen and oxygen atoms in total. The number of nitro benzene ring substituents is 1. The summed E-state index contributed by atoms with van der Waals surface area (Å²) in [6.45, 7) is 3.24. The van der Waals surface area contributed by atoms with Crippen molar-refractivity contribution >= 4 is 21.2 Å². The van der Waals surface area contributed by atoms with E-state index in [0.29, 0.717) is 0 Å².